The van der Waals surface area contributed by atoms with Crippen LogP contribution in [0.2, 0.25) is 0 Å². The van der Waals surface area contributed by atoms with Crippen LogP contribution >= 0.6 is 0 Å². The zero-order valence-corrected chi connectivity index (χ0v) is 14.6. The number of para-hydroxylation sites is 1. The maximum atomic E-state index is 12.8. The van der Waals surface area contributed by atoms with Crippen molar-refractivity contribution in [2.75, 3.05) is 0 Å². The van der Waals surface area contributed by atoms with E-state index in [9.17, 15) is 9.59 Å². The molecule has 4 nitrogen and oxygen atoms in total. The Morgan fingerprint density at radius 1 is 1.12 bits per heavy atom. The summed E-state index contributed by atoms with van der Waals surface area (Å²) in [7, 11) is 0. The minimum atomic E-state index is -0.231. The van der Waals surface area contributed by atoms with Gasteiger partial charge in [0.15, 0.2) is 11.0 Å². The molecule has 0 radical (unpaired) electrons. The predicted octanol–water partition coefficient (Wildman–Crippen LogP) is 4.30. The molecule has 0 aliphatic rings. The van der Waals surface area contributed by atoms with Crippen molar-refractivity contribution >= 4 is 16.9 Å². The number of fused-ring (bicyclic) bond motifs is 1. The third-order valence-corrected chi connectivity index (χ3v) is 4.42. The molecule has 4 heteroatoms. The van der Waals surface area contributed by atoms with E-state index < -0.39 is 0 Å². The smallest absolute Gasteiger partial charge is 0.255 e. The van der Waals surface area contributed by atoms with E-state index in [4.69, 9.17) is 4.42 Å². The zero-order valence-electron chi connectivity index (χ0n) is 14.6. The van der Waals surface area contributed by atoms with Gasteiger partial charge in [0.2, 0.25) is 0 Å². The molecule has 0 aliphatic carbocycles. The van der Waals surface area contributed by atoms with Crippen molar-refractivity contribution in [1.29, 1.82) is 0 Å². The van der Waals surface area contributed by atoms with Crippen LogP contribution in [-0.2, 0) is 0 Å². The molecule has 3 rings (SSSR count). The number of carbonyl (C=O) groups is 1. The van der Waals surface area contributed by atoms with E-state index in [1.165, 1.54) is 0 Å². The molecule has 0 unspecified atom stereocenters. The molecule has 0 bridgehead atoms. The number of benzene rings is 2. The highest BCUT2D eigenvalue weighted by Crippen LogP contribution is 2.27. The van der Waals surface area contributed by atoms with E-state index in [1.54, 1.807) is 25.1 Å². The van der Waals surface area contributed by atoms with Gasteiger partial charge in [-0.3, -0.25) is 9.59 Å². The fraction of sp³-hybridized carbons (Fsp3) is 0.238. The number of hydrogen-bond acceptors (Lipinski definition) is 3. The van der Waals surface area contributed by atoms with Crippen LogP contribution < -0.4 is 10.7 Å². The van der Waals surface area contributed by atoms with Crippen molar-refractivity contribution in [2.45, 2.75) is 33.2 Å². The van der Waals surface area contributed by atoms with Gasteiger partial charge in [-0.1, -0.05) is 43.3 Å². The van der Waals surface area contributed by atoms with Gasteiger partial charge in [-0.05, 0) is 32.4 Å². The molecule has 25 heavy (non-hydrogen) atoms. The van der Waals surface area contributed by atoms with E-state index in [1.807, 2.05) is 44.2 Å². The van der Waals surface area contributed by atoms with Gasteiger partial charge in [0, 0.05) is 17.2 Å². The Labute approximate surface area is 146 Å². The Kier molecular flexibility index (Phi) is 4.70. The average molecular weight is 335 g/mol. The summed E-state index contributed by atoms with van der Waals surface area (Å²) in [5.41, 5.74) is 1.96. The van der Waals surface area contributed by atoms with Crippen molar-refractivity contribution in [2.24, 2.45) is 0 Å². The molecule has 1 amide bonds. The maximum Gasteiger partial charge on any atom is 0.255 e. The van der Waals surface area contributed by atoms with E-state index in [0.29, 0.717) is 27.9 Å². The summed E-state index contributed by atoms with van der Waals surface area (Å²) in [6.45, 7) is 5.70. The Morgan fingerprint density at radius 2 is 1.84 bits per heavy atom. The van der Waals surface area contributed by atoms with Gasteiger partial charge in [0.25, 0.3) is 5.91 Å². The number of amides is 1. The SMILES string of the molecule is CC[C@H](C)NC(=O)c1cccc2c(=O)c(C)c(-c3ccccc3)oc12. The number of carbonyl (C=O) groups excluding carboxylic acids is 1. The predicted molar refractivity (Wildman–Crippen MR) is 99.9 cm³/mol. The standard InChI is InChI=1S/C21H21NO3/c1-4-13(2)22-21(24)17-12-8-11-16-18(23)14(3)19(25-20(16)17)15-9-6-5-7-10-15/h5-13H,4H2,1-3H3,(H,22,24)/t13-/m0/s1. The lowest BCUT2D eigenvalue weighted by Gasteiger charge is -2.13. The molecular weight excluding hydrogens is 314 g/mol. The zero-order chi connectivity index (χ0) is 18.0. The van der Waals surface area contributed by atoms with E-state index in [2.05, 4.69) is 5.32 Å². The second kappa shape index (κ2) is 6.93. The normalized spacial score (nSPS) is 12.1. The Hall–Kier alpha value is -2.88. The highest BCUT2D eigenvalue weighted by Gasteiger charge is 2.18. The van der Waals surface area contributed by atoms with Gasteiger partial charge in [-0.25, -0.2) is 0 Å². The second-order valence-corrected chi connectivity index (χ2v) is 6.22. The second-order valence-electron chi connectivity index (χ2n) is 6.22. The van der Waals surface area contributed by atoms with Gasteiger partial charge in [-0.2, -0.15) is 0 Å². The van der Waals surface area contributed by atoms with Crippen molar-refractivity contribution < 1.29 is 9.21 Å². The summed E-state index contributed by atoms with van der Waals surface area (Å²) >= 11 is 0. The van der Waals surface area contributed by atoms with Crippen LogP contribution in [0.5, 0.6) is 0 Å². The maximum absolute atomic E-state index is 12.8. The number of nitrogens with one attached hydrogen (secondary N) is 1. The molecule has 128 valence electrons. The third kappa shape index (κ3) is 3.20. The van der Waals surface area contributed by atoms with Gasteiger partial charge in [0.1, 0.15) is 5.76 Å². The van der Waals surface area contributed by atoms with Crippen molar-refractivity contribution in [1.82, 2.24) is 5.32 Å². The van der Waals surface area contributed by atoms with Crippen LogP contribution in [0.25, 0.3) is 22.3 Å². The van der Waals surface area contributed by atoms with E-state index in [-0.39, 0.29) is 17.4 Å². The lowest BCUT2D eigenvalue weighted by atomic mass is 10.0. The molecule has 1 aromatic heterocycles. The van der Waals surface area contributed by atoms with Crippen molar-refractivity contribution in [3.05, 3.63) is 69.9 Å². The van der Waals surface area contributed by atoms with Crippen molar-refractivity contribution in [3.8, 4) is 11.3 Å². The van der Waals surface area contributed by atoms with Crippen LogP contribution in [0.4, 0.5) is 0 Å². The molecule has 0 spiro atoms. The summed E-state index contributed by atoms with van der Waals surface area (Å²) < 4.78 is 6.07. The molecule has 3 aromatic rings. The number of rotatable bonds is 4. The lowest BCUT2D eigenvalue weighted by molar-refractivity contribution is 0.0940. The molecule has 0 fully saturated rings. The van der Waals surface area contributed by atoms with Crippen LogP contribution in [0.1, 0.15) is 36.2 Å². The van der Waals surface area contributed by atoms with E-state index >= 15 is 0 Å². The monoisotopic (exact) mass is 335 g/mol. The summed E-state index contributed by atoms with van der Waals surface area (Å²) in [5.74, 6) is 0.271. The summed E-state index contributed by atoms with van der Waals surface area (Å²) in [5, 5.41) is 3.36. The van der Waals surface area contributed by atoms with Gasteiger partial charge in [0.05, 0.1) is 10.9 Å². The minimum absolute atomic E-state index is 0.0496. The highest BCUT2D eigenvalue weighted by molar-refractivity contribution is 6.05. The first-order valence-electron chi connectivity index (χ1n) is 8.45. The fourth-order valence-corrected chi connectivity index (χ4v) is 2.76. The molecule has 1 N–H and O–H groups in total. The van der Waals surface area contributed by atoms with Crippen LogP contribution in [0.3, 0.4) is 0 Å². The van der Waals surface area contributed by atoms with Gasteiger partial charge < -0.3 is 9.73 Å². The first-order valence-corrected chi connectivity index (χ1v) is 8.45. The molecule has 1 atom stereocenters. The summed E-state index contributed by atoms with van der Waals surface area (Å²) in [6.07, 6.45) is 0.828. The first kappa shape index (κ1) is 17.0. The third-order valence-electron chi connectivity index (χ3n) is 4.42. The molecule has 0 aliphatic heterocycles. The van der Waals surface area contributed by atoms with Gasteiger partial charge >= 0.3 is 0 Å². The quantitative estimate of drug-likeness (QED) is 0.773. The van der Waals surface area contributed by atoms with Gasteiger partial charge in [-0.15, -0.1) is 0 Å². The fourth-order valence-electron chi connectivity index (χ4n) is 2.76. The van der Waals surface area contributed by atoms with Crippen LogP contribution in [0, 0.1) is 6.92 Å². The summed E-state index contributed by atoms with van der Waals surface area (Å²) in [4.78, 5) is 25.4. The number of hydrogen-bond donors (Lipinski definition) is 1. The molecule has 1 heterocycles. The van der Waals surface area contributed by atoms with Crippen molar-refractivity contribution in [3.63, 3.8) is 0 Å². The Morgan fingerprint density at radius 3 is 2.52 bits per heavy atom. The molecular formula is C21H21NO3. The Bertz CT molecular complexity index is 974. The highest BCUT2D eigenvalue weighted by atomic mass is 16.3. The van der Waals surface area contributed by atoms with E-state index in [0.717, 1.165) is 12.0 Å². The lowest BCUT2D eigenvalue weighted by Crippen LogP contribution is -2.32. The molecule has 2 aromatic carbocycles. The molecule has 0 saturated carbocycles. The van der Waals surface area contributed by atoms with Crippen LogP contribution in [-0.4, -0.2) is 11.9 Å². The minimum Gasteiger partial charge on any atom is -0.455 e. The molecule has 0 saturated heterocycles. The Balaban J connectivity index is 2.23. The van der Waals surface area contributed by atoms with Crippen LogP contribution in [0.15, 0.2) is 57.7 Å². The topological polar surface area (TPSA) is 59.3 Å². The summed E-state index contributed by atoms with van der Waals surface area (Å²) in [6, 6.07) is 14.6. The largest absolute Gasteiger partial charge is 0.455 e. The average Bonchev–Trinajstić information content (AvgIpc) is 2.64. The first-order chi connectivity index (χ1) is 12.0.